The third kappa shape index (κ3) is 6.22. The van der Waals surface area contributed by atoms with Gasteiger partial charge in [0.2, 0.25) is 0 Å². The van der Waals surface area contributed by atoms with Crippen LogP contribution < -0.4 is 9.64 Å². The zero-order valence-electron chi connectivity index (χ0n) is 26.6. The average Bonchev–Trinajstić information content (AvgIpc) is 3.54. The number of H-pyrrole nitrogens is 1. The van der Waals surface area contributed by atoms with E-state index >= 15 is 0 Å². The molecule has 5 aromatic rings. The Morgan fingerprint density at radius 2 is 1.80 bits per heavy atom. The van der Waals surface area contributed by atoms with Crippen molar-refractivity contribution in [1.29, 1.82) is 0 Å². The van der Waals surface area contributed by atoms with Crippen molar-refractivity contribution in [3.05, 3.63) is 83.7 Å². The monoisotopic (exact) mass is 610 g/mol. The van der Waals surface area contributed by atoms with Crippen LogP contribution in [0.25, 0.3) is 33.3 Å². The van der Waals surface area contributed by atoms with E-state index in [4.69, 9.17) is 19.6 Å². The Hall–Kier alpha value is -4.86. The van der Waals surface area contributed by atoms with E-state index in [1.807, 2.05) is 63.8 Å². The summed E-state index contributed by atoms with van der Waals surface area (Å²) in [5, 5.41) is 5.79. The van der Waals surface area contributed by atoms with Gasteiger partial charge in [0.25, 0.3) is 0 Å². The fourth-order valence-electron chi connectivity index (χ4n) is 5.99. The molecule has 2 aromatic carbocycles. The number of halogens is 1. The summed E-state index contributed by atoms with van der Waals surface area (Å²) in [6.45, 7) is 12.7. The number of hydrogen-bond donors (Lipinski definition) is 1. The van der Waals surface area contributed by atoms with Crippen LogP contribution in [0.3, 0.4) is 0 Å². The van der Waals surface area contributed by atoms with Crippen molar-refractivity contribution in [2.45, 2.75) is 46.8 Å². The van der Waals surface area contributed by atoms with Crippen LogP contribution in [0, 0.1) is 19.7 Å². The molecule has 0 bridgehead atoms. The smallest absolute Gasteiger partial charge is 0.410 e. The van der Waals surface area contributed by atoms with Crippen LogP contribution in [0.5, 0.6) is 5.75 Å². The molecule has 3 aromatic heterocycles. The molecule has 1 amide bonds. The molecule has 0 aliphatic carbocycles. The van der Waals surface area contributed by atoms with Crippen LogP contribution in [-0.4, -0.2) is 69.6 Å². The van der Waals surface area contributed by atoms with Crippen molar-refractivity contribution >= 4 is 22.8 Å². The number of aromatic nitrogens is 4. The molecule has 1 fully saturated rings. The molecule has 10 heteroatoms. The topological polar surface area (TPSA) is 88.5 Å². The maximum absolute atomic E-state index is 13.8. The first kappa shape index (κ1) is 30.2. The first-order valence-electron chi connectivity index (χ1n) is 15.2. The highest BCUT2D eigenvalue weighted by Crippen LogP contribution is 2.37. The van der Waals surface area contributed by atoms with Gasteiger partial charge >= 0.3 is 6.09 Å². The molecule has 45 heavy (non-hydrogen) atoms. The molecule has 0 spiro atoms. The van der Waals surface area contributed by atoms with Crippen molar-refractivity contribution in [1.82, 2.24) is 24.6 Å². The molecular weight excluding hydrogens is 571 g/mol. The SMILES string of the molecule is COc1cc(-c2cnc3[nH]cc(-c4c(C)nn(Cc5cccc(F)c5)c4C)c3c2)ccc1N1CCN(C(=O)OC(C)(C)C)CC1. The second kappa shape index (κ2) is 11.9. The summed E-state index contributed by atoms with van der Waals surface area (Å²) in [5.74, 6) is 0.507. The first-order chi connectivity index (χ1) is 21.5. The van der Waals surface area contributed by atoms with Gasteiger partial charge in [-0.25, -0.2) is 14.2 Å². The summed E-state index contributed by atoms with van der Waals surface area (Å²) in [4.78, 5) is 24.6. The van der Waals surface area contributed by atoms with Gasteiger partial charge in [-0.15, -0.1) is 0 Å². The fourth-order valence-corrected chi connectivity index (χ4v) is 5.99. The standard InChI is InChI=1S/C35H39FN6O3/c1-22-32(23(2)42(39-22)21-24-8-7-9-27(36)16-24)29-20-38-33-28(29)17-26(19-37-33)25-10-11-30(31(18-25)44-6)40-12-14-41(15-13-40)34(43)45-35(3,4)5/h7-11,16-20H,12-15,21H2,1-6H3,(H,37,38). The molecule has 1 aliphatic heterocycles. The second-order valence-corrected chi connectivity index (χ2v) is 12.5. The summed E-state index contributed by atoms with van der Waals surface area (Å²) in [6.07, 6.45) is 3.57. The highest BCUT2D eigenvalue weighted by Gasteiger charge is 2.27. The molecule has 0 unspecified atom stereocenters. The van der Waals surface area contributed by atoms with Gasteiger partial charge in [0, 0.05) is 66.3 Å². The number of carbonyl (C=O) groups excluding carboxylic acids is 1. The largest absolute Gasteiger partial charge is 0.495 e. The normalized spacial score (nSPS) is 13.8. The van der Waals surface area contributed by atoms with Gasteiger partial charge in [0.15, 0.2) is 0 Å². The van der Waals surface area contributed by atoms with E-state index in [0.717, 1.165) is 61.7 Å². The Bertz CT molecular complexity index is 1860. The summed E-state index contributed by atoms with van der Waals surface area (Å²) in [5.41, 5.74) is 8.02. The van der Waals surface area contributed by atoms with Gasteiger partial charge in [0.05, 0.1) is 25.0 Å². The van der Waals surface area contributed by atoms with Gasteiger partial charge in [-0.05, 0) is 76.1 Å². The van der Waals surface area contributed by atoms with Crippen LogP contribution in [-0.2, 0) is 11.3 Å². The molecule has 9 nitrogen and oxygen atoms in total. The fraction of sp³-hybridized carbons (Fsp3) is 0.343. The molecule has 0 saturated carbocycles. The highest BCUT2D eigenvalue weighted by molar-refractivity contribution is 5.97. The maximum atomic E-state index is 13.8. The third-order valence-corrected chi connectivity index (χ3v) is 8.19. The van der Waals surface area contributed by atoms with Crippen LogP contribution in [0.2, 0.25) is 0 Å². The van der Waals surface area contributed by atoms with E-state index < -0.39 is 5.60 Å². The van der Waals surface area contributed by atoms with Crippen molar-refractivity contribution in [3.8, 4) is 28.0 Å². The van der Waals surface area contributed by atoms with Gasteiger partial charge in [-0.3, -0.25) is 4.68 Å². The predicted molar refractivity (Wildman–Crippen MR) is 174 cm³/mol. The number of fused-ring (bicyclic) bond motifs is 1. The number of pyridine rings is 1. The number of hydrogen-bond acceptors (Lipinski definition) is 6. The summed E-state index contributed by atoms with van der Waals surface area (Å²) < 4.78 is 27.1. The summed E-state index contributed by atoms with van der Waals surface area (Å²) >= 11 is 0. The lowest BCUT2D eigenvalue weighted by Crippen LogP contribution is -2.50. The zero-order valence-corrected chi connectivity index (χ0v) is 26.6. The van der Waals surface area contributed by atoms with E-state index in [0.29, 0.717) is 32.7 Å². The van der Waals surface area contributed by atoms with E-state index in [2.05, 4.69) is 28.1 Å². The molecule has 0 radical (unpaired) electrons. The number of amides is 1. The molecule has 1 aliphatic rings. The number of ether oxygens (including phenoxy) is 2. The Balaban J connectivity index is 1.25. The number of nitrogens with zero attached hydrogens (tertiary/aromatic N) is 5. The number of piperazine rings is 1. The molecule has 4 heterocycles. The Morgan fingerprint density at radius 3 is 2.51 bits per heavy atom. The van der Waals surface area contributed by atoms with E-state index in [1.165, 1.54) is 6.07 Å². The molecule has 234 valence electrons. The first-order valence-corrected chi connectivity index (χ1v) is 15.2. The van der Waals surface area contributed by atoms with E-state index in [1.54, 1.807) is 24.1 Å². The third-order valence-electron chi connectivity index (χ3n) is 8.19. The number of nitrogens with one attached hydrogen (secondary N) is 1. The lowest BCUT2D eigenvalue weighted by atomic mass is 10.0. The quantitative estimate of drug-likeness (QED) is 0.224. The van der Waals surface area contributed by atoms with Crippen molar-refractivity contribution in [2.24, 2.45) is 0 Å². The molecule has 1 saturated heterocycles. The number of carbonyl (C=O) groups is 1. The van der Waals surface area contributed by atoms with Gasteiger partial charge < -0.3 is 24.3 Å². The van der Waals surface area contributed by atoms with Crippen LogP contribution in [0.4, 0.5) is 14.9 Å². The van der Waals surface area contributed by atoms with Crippen LogP contribution in [0.15, 0.2) is 60.9 Å². The lowest BCUT2D eigenvalue weighted by Gasteiger charge is -2.37. The summed E-state index contributed by atoms with van der Waals surface area (Å²) in [6, 6.07) is 15.0. The van der Waals surface area contributed by atoms with E-state index in [-0.39, 0.29) is 11.9 Å². The Morgan fingerprint density at radius 1 is 1.02 bits per heavy atom. The molecule has 6 rings (SSSR count). The molecule has 1 N–H and O–H groups in total. The Labute approximate surface area is 262 Å². The minimum atomic E-state index is -0.518. The van der Waals surface area contributed by atoms with Crippen molar-refractivity contribution < 1.29 is 18.7 Å². The molecule has 0 atom stereocenters. The van der Waals surface area contributed by atoms with Gasteiger partial charge in [-0.1, -0.05) is 18.2 Å². The number of rotatable bonds is 6. The van der Waals surface area contributed by atoms with Crippen molar-refractivity contribution in [2.75, 3.05) is 38.2 Å². The highest BCUT2D eigenvalue weighted by atomic mass is 19.1. The van der Waals surface area contributed by atoms with E-state index in [9.17, 15) is 9.18 Å². The predicted octanol–water partition coefficient (Wildman–Crippen LogP) is 6.96. The number of anilines is 1. The van der Waals surface area contributed by atoms with Crippen molar-refractivity contribution in [3.63, 3.8) is 0 Å². The maximum Gasteiger partial charge on any atom is 0.410 e. The number of aromatic amines is 1. The van der Waals surface area contributed by atoms with Gasteiger partial charge in [-0.2, -0.15) is 5.10 Å². The number of benzene rings is 2. The number of methoxy groups -OCH3 is 1. The minimum absolute atomic E-state index is 0.255. The average molecular weight is 611 g/mol. The summed E-state index contributed by atoms with van der Waals surface area (Å²) in [7, 11) is 1.68. The molecular formula is C35H39FN6O3. The Kier molecular flexibility index (Phi) is 7.99. The zero-order chi connectivity index (χ0) is 31.9. The number of aryl methyl sites for hydroxylation is 1. The van der Waals surface area contributed by atoms with Crippen LogP contribution in [0.1, 0.15) is 37.7 Å². The lowest BCUT2D eigenvalue weighted by molar-refractivity contribution is 0.0240. The van der Waals surface area contributed by atoms with Crippen LogP contribution >= 0.6 is 0 Å². The minimum Gasteiger partial charge on any atom is -0.495 e. The second-order valence-electron chi connectivity index (χ2n) is 12.5. The van der Waals surface area contributed by atoms with Gasteiger partial charge in [0.1, 0.15) is 22.8 Å².